The number of carbonyl (C=O) groups is 1. The molecule has 4 nitrogen and oxygen atoms in total. The largest absolute Gasteiger partial charge is 0.496 e. The molecule has 16 heavy (non-hydrogen) atoms. The van der Waals surface area contributed by atoms with Crippen molar-refractivity contribution in [1.82, 2.24) is 0 Å². The van der Waals surface area contributed by atoms with Gasteiger partial charge in [0.25, 0.3) is 0 Å². The van der Waals surface area contributed by atoms with E-state index >= 15 is 0 Å². The fraction of sp³-hybridized carbons (Fsp3) is 0.250. The highest BCUT2D eigenvalue weighted by molar-refractivity contribution is 5.99. The van der Waals surface area contributed by atoms with Crippen molar-refractivity contribution in [2.24, 2.45) is 5.92 Å². The van der Waals surface area contributed by atoms with E-state index in [1.807, 2.05) is 0 Å². The number of hydrogen-bond acceptors (Lipinski definition) is 4. The Labute approximate surface area is 93.7 Å². The second kappa shape index (κ2) is 5.53. The van der Waals surface area contributed by atoms with Gasteiger partial charge in [0, 0.05) is 6.42 Å². The summed E-state index contributed by atoms with van der Waals surface area (Å²) in [6.07, 6.45) is -0.104. The van der Waals surface area contributed by atoms with Crippen LogP contribution in [0, 0.1) is 28.6 Å². The molecule has 0 saturated carbocycles. The zero-order valence-electron chi connectivity index (χ0n) is 8.80. The van der Waals surface area contributed by atoms with Crippen molar-refractivity contribution in [3.8, 4) is 17.9 Å². The van der Waals surface area contributed by atoms with Crippen LogP contribution in [0.4, 0.5) is 0 Å². The first kappa shape index (κ1) is 11.7. The monoisotopic (exact) mass is 214 g/mol. The Bertz CT molecular complexity index is 455. The number of carbonyl (C=O) groups excluding carboxylic acids is 1. The smallest absolute Gasteiger partial charge is 0.168 e. The Hall–Kier alpha value is -2.33. The maximum Gasteiger partial charge on any atom is 0.168 e. The molecule has 0 N–H and O–H groups in total. The van der Waals surface area contributed by atoms with Gasteiger partial charge in [0.15, 0.2) is 5.78 Å². The van der Waals surface area contributed by atoms with Crippen molar-refractivity contribution >= 4 is 5.78 Å². The molecular weight excluding hydrogens is 204 g/mol. The molecule has 0 aromatic heterocycles. The van der Waals surface area contributed by atoms with Gasteiger partial charge in [-0.3, -0.25) is 4.79 Å². The summed E-state index contributed by atoms with van der Waals surface area (Å²) in [4.78, 5) is 11.8. The van der Waals surface area contributed by atoms with Gasteiger partial charge in [0.2, 0.25) is 0 Å². The lowest BCUT2D eigenvalue weighted by Crippen LogP contribution is -2.07. The van der Waals surface area contributed by atoms with Crippen LogP contribution < -0.4 is 4.74 Å². The van der Waals surface area contributed by atoms with Crippen LogP contribution in [-0.2, 0) is 0 Å². The third-order valence-corrected chi connectivity index (χ3v) is 2.11. The summed E-state index contributed by atoms with van der Waals surface area (Å²) < 4.78 is 5.03. The van der Waals surface area contributed by atoms with Crippen molar-refractivity contribution in [3.05, 3.63) is 29.8 Å². The van der Waals surface area contributed by atoms with Gasteiger partial charge >= 0.3 is 0 Å². The Kier molecular flexibility index (Phi) is 4.06. The van der Waals surface area contributed by atoms with Gasteiger partial charge < -0.3 is 4.74 Å². The van der Waals surface area contributed by atoms with Gasteiger partial charge in [-0.15, -0.1) is 0 Å². The number of rotatable bonds is 4. The fourth-order valence-corrected chi connectivity index (χ4v) is 1.29. The zero-order valence-corrected chi connectivity index (χ0v) is 8.80. The number of methoxy groups -OCH3 is 1. The average Bonchev–Trinajstić information content (AvgIpc) is 2.35. The van der Waals surface area contributed by atoms with Crippen LogP contribution in [0.5, 0.6) is 5.75 Å². The molecule has 80 valence electrons. The third kappa shape index (κ3) is 2.59. The van der Waals surface area contributed by atoms with Gasteiger partial charge in [-0.05, 0) is 12.1 Å². The van der Waals surface area contributed by atoms with Crippen LogP contribution in [0.25, 0.3) is 0 Å². The predicted molar refractivity (Wildman–Crippen MR) is 56.7 cm³/mol. The molecule has 0 heterocycles. The van der Waals surface area contributed by atoms with Crippen molar-refractivity contribution in [3.63, 3.8) is 0 Å². The summed E-state index contributed by atoms with van der Waals surface area (Å²) in [6.45, 7) is 0. The van der Waals surface area contributed by atoms with Crippen molar-refractivity contribution in [1.29, 1.82) is 10.5 Å². The van der Waals surface area contributed by atoms with E-state index in [0.29, 0.717) is 11.3 Å². The number of nitriles is 2. The summed E-state index contributed by atoms with van der Waals surface area (Å²) in [5.41, 5.74) is 0.403. The molecule has 1 aromatic rings. The van der Waals surface area contributed by atoms with E-state index in [2.05, 4.69) is 0 Å². The van der Waals surface area contributed by atoms with Crippen molar-refractivity contribution < 1.29 is 9.53 Å². The Morgan fingerprint density at radius 3 is 2.56 bits per heavy atom. The minimum absolute atomic E-state index is 0.104. The number of ketones is 1. The predicted octanol–water partition coefficient (Wildman–Crippen LogP) is 1.93. The maximum atomic E-state index is 11.8. The fourth-order valence-electron chi connectivity index (χ4n) is 1.29. The average molecular weight is 214 g/mol. The van der Waals surface area contributed by atoms with E-state index in [0.717, 1.165) is 0 Å². The lowest BCUT2D eigenvalue weighted by molar-refractivity contribution is 0.0973. The molecule has 1 aromatic carbocycles. The van der Waals surface area contributed by atoms with E-state index in [4.69, 9.17) is 15.3 Å². The molecular formula is C12H10N2O2. The highest BCUT2D eigenvalue weighted by Crippen LogP contribution is 2.20. The maximum absolute atomic E-state index is 11.8. The molecule has 0 aliphatic heterocycles. The first-order valence-electron chi connectivity index (χ1n) is 4.68. The van der Waals surface area contributed by atoms with Crippen LogP contribution >= 0.6 is 0 Å². The summed E-state index contributed by atoms with van der Waals surface area (Å²) >= 11 is 0. The van der Waals surface area contributed by atoms with Crippen LogP contribution in [0.15, 0.2) is 24.3 Å². The van der Waals surface area contributed by atoms with Crippen molar-refractivity contribution in [2.45, 2.75) is 6.42 Å². The molecule has 0 spiro atoms. The number of para-hydroxylation sites is 1. The Morgan fingerprint density at radius 2 is 2.00 bits per heavy atom. The van der Waals surface area contributed by atoms with Crippen molar-refractivity contribution in [2.75, 3.05) is 7.11 Å². The highest BCUT2D eigenvalue weighted by atomic mass is 16.5. The number of hydrogen-bond donors (Lipinski definition) is 0. The molecule has 0 atom stereocenters. The standard InChI is InChI=1S/C12H10N2O2/c1-16-12-5-3-2-4-10(12)11(15)6-9(7-13)8-14/h2-5,9H,6H2,1H3. The molecule has 0 aliphatic rings. The van der Waals surface area contributed by atoms with Crippen LogP contribution in [-0.4, -0.2) is 12.9 Å². The summed E-state index contributed by atoms with van der Waals surface area (Å²) in [5.74, 6) is -0.704. The quantitative estimate of drug-likeness (QED) is 0.718. The minimum atomic E-state index is -0.905. The molecule has 0 fully saturated rings. The second-order valence-corrected chi connectivity index (χ2v) is 3.14. The lowest BCUT2D eigenvalue weighted by atomic mass is 10.00. The van der Waals surface area contributed by atoms with E-state index < -0.39 is 5.92 Å². The van der Waals surface area contributed by atoms with Gasteiger partial charge in [0.1, 0.15) is 11.7 Å². The number of ether oxygens (including phenoxy) is 1. The summed E-state index contributed by atoms with van der Waals surface area (Å²) in [6, 6.07) is 10.3. The third-order valence-electron chi connectivity index (χ3n) is 2.11. The van der Waals surface area contributed by atoms with Gasteiger partial charge in [-0.1, -0.05) is 12.1 Å². The van der Waals surface area contributed by atoms with Gasteiger partial charge in [-0.2, -0.15) is 10.5 Å². The van der Waals surface area contributed by atoms with E-state index in [1.165, 1.54) is 7.11 Å². The van der Waals surface area contributed by atoms with Gasteiger partial charge in [0.05, 0.1) is 24.8 Å². The SMILES string of the molecule is COc1ccccc1C(=O)CC(C#N)C#N. The molecule has 4 heteroatoms. The molecule has 0 unspecified atom stereocenters. The molecule has 0 amide bonds. The Balaban J connectivity index is 2.90. The number of benzene rings is 1. The van der Waals surface area contributed by atoms with Gasteiger partial charge in [-0.25, -0.2) is 0 Å². The molecule has 0 radical (unpaired) electrons. The van der Waals surface area contributed by atoms with E-state index in [9.17, 15) is 4.79 Å². The second-order valence-electron chi connectivity index (χ2n) is 3.14. The number of Topliss-reactive ketones (excluding diaryl/α,β-unsaturated/α-hetero) is 1. The molecule has 1 rings (SSSR count). The van der Waals surface area contributed by atoms with Crippen LogP contribution in [0.3, 0.4) is 0 Å². The lowest BCUT2D eigenvalue weighted by Gasteiger charge is -2.06. The van der Waals surface area contributed by atoms with E-state index in [-0.39, 0.29) is 12.2 Å². The Morgan fingerprint density at radius 1 is 1.38 bits per heavy atom. The first-order chi connectivity index (χ1) is 7.72. The molecule has 0 aliphatic carbocycles. The minimum Gasteiger partial charge on any atom is -0.496 e. The topological polar surface area (TPSA) is 73.9 Å². The van der Waals surface area contributed by atoms with E-state index in [1.54, 1.807) is 36.4 Å². The zero-order chi connectivity index (χ0) is 12.0. The molecule has 0 bridgehead atoms. The first-order valence-corrected chi connectivity index (χ1v) is 4.68. The molecule has 0 saturated heterocycles. The summed E-state index contributed by atoms with van der Waals surface area (Å²) in [5, 5.41) is 17.2. The normalized spacial score (nSPS) is 9.25. The number of nitrogens with zero attached hydrogens (tertiary/aromatic N) is 2. The summed E-state index contributed by atoms with van der Waals surface area (Å²) in [7, 11) is 1.47. The highest BCUT2D eigenvalue weighted by Gasteiger charge is 2.16. The van der Waals surface area contributed by atoms with Crippen LogP contribution in [0.2, 0.25) is 0 Å². The van der Waals surface area contributed by atoms with Crippen LogP contribution in [0.1, 0.15) is 16.8 Å².